The molecule has 0 bridgehead atoms. The standard InChI is InChI=1S/C15H18Cl2N2O3.ClH/c16-11-2-1-9(5-12(11)17)14-8-19(3-4-22-14)15(21)13-6-10(20)7-18-13;/h1-2,5,10,13-14,18,20H,3-4,6-8H2;1H. The molecule has 2 heterocycles. The molecule has 0 saturated carbocycles. The van der Waals surface area contributed by atoms with Crippen LogP contribution in [0, 0.1) is 0 Å². The maximum atomic E-state index is 12.5. The van der Waals surface area contributed by atoms with Crippen LogP contribution < -0.4 is 5.32 Å². The molecule has 23 heavy (non-hydrogen) atoms. The van der Waals surface area contributed by atoms with E-state index in [-0.39, 0.29) is 30.5 Å². The highest BCUT2D eigenvalue weighted by atomic mass is 35.5. The highest BCUT2D eigenvalue weighted by Crippen LogP contribution is 2.29. The van der Waals surface area contributed by atoms with Crippen molar-refractivity contribution in [3.63, 3.8) is 0 Å². The summed E-state index contributed by atoms with van der Waals surface area (Å²) in [6, 6.07) is 5.07. The molecule has 0 spiro atoms. The van der Waals surface area contributed by atoms with Gasteiger partial charge in [-0.05, 0) is 24.1 Å². The smallest absolute Gasteiger partial charge is 0.239 e. The van der Waals surface area contributed by atoms with Crippen molar-refractivity contribution in [3.8, 4) is 0 Å². The highest BCUT2D eigenvalue weighted by Gasteiger charge is 2.34. The van der Waals surface area contributed by atoms with E-state index in [2.05, 4.69) is 5.32 Å². The first-order chi connectivity index (χ1) is 10.5. The molecule has 128 valence electrons. The van der Waals surface area contributed by atoms with Crippen molar-refractivity contribution >= 4 is 41.5 Å². The second kappa shape index (κ2) is 8.01. The molecule has 2 N–H and O–H groups in total. The SMILES string of the molecule is Cl.O=C(C1CC(O)CN1)N1CCOC(c2ccc(Cl)c(Cl)c2)C1. The van der Waals surface area contributed by atoms with E-state index in [0.717, 1.165) is 5.56 Å². The third-order valence-electron chi connectivity index (χ3n) is 4.10. The zero-order valence-electron chi connectivity index (χ0n) is 12.4. The fraction of sp³-hybridized carbons (Fsp3) is 0.533. The van der Waals surface area contributed by atoms with Crippen LogP contribution in [0.2, 0.25) is 10.0 Å². The Kier molecular flexibility index (Phi) is 6.54. The van der Waals surface area contributed by atoms with E-state index >= 15 is 0 Å². The molecule has 2 saturated heterocycles. The minimum atomic E-state index is -0.444. The number of aliphatic hydroxyl groups is 1. The number of ether oxygens (including phenoxy) is 1. The summed E-state index contributed by atoms with van der Waals surface area (Å²) in [5, 5.41) is 13.6. The van der Waals surface area contributed by atoms with Gasteiger partial charge in [0, 0.05) is 13.1 Å². The number of carbonyl (C=O) groups excluding carboxylic acids is 1. The first-order valence-corrected chi connectivity index (χ1v) is 8.07. The lowest BCUT2D eigenvalue weighted by Crippen LogP contribution is -2.49. The van der Waals surface area contributed by atoms with Crippen LogP contribution in [0.3, 0.4) is 0 Å². The summed E-state index contributed by atoms with van der Waals surface area (Å²) >= 11 is 12.0. The minimum absolute atomic E-state index is 0. The van der Waals surface area contributed by atoms with Crippen LogP contribution >= 0.6 is 35.6 Å². The first-order valence-electron chi connectivity index (χ1n) is 7.31. The van der Waals surface area contributed by atoms with E-state index in [1.165, 1.54) is 0 Å². The van der Waals surface area contributed by atoms with E-state index in [4.69, 9.17) is 27.9 Å². The number of benzene rings is 1. The van der Waals surface area contributed by atoms with E-state index in [1.807, 2.05) is 6.07 Å². The molecule has 2 fully saturated rings. The van der Waals surface area contributed by atoms with Gasteiger partial charge in [0.25, 0.3) is 0 Å². The summed E-state index contributed by atoms with van der Waals surface area (Å²) in [6.45, 7) is 1.99. The van der Waals surface area contributed by atoms with Gasteiger partial charge in [-0.15, -0.1) is 12.4 Å². The number of rotatable bonds is 2. The largest absolute Gasteiger partial charge is 0.392 e. The predicted molar refractivity (Wildman–Crippen MR) is 91.4 cm³/mol. The molecule has 0 radical (unpaired) electrons. The molecule has 0 aliphatic carbocycles. The summed E-state index contributed by atoms with van der Waals surface area (Å²) in [4.78, 5) is 14.3. The van der Waals surface area contributed by atoms with Crippen molar-refractivity contribution in [3.05, 3.63) is 33.8 Å². The van der Waals surface area contributed by atoms with E-state index in [9.17, 15) is 9.90 Å². The highest BCUT2D eigenvalue weighted by molar-refractivity contribution is 6.42. The molecule has 1 aromatic carbocycles. The predicted octanol–water partition coefficient (Wildman–Crippen LogP) is 2.04. The maximum Gasteiger partial charge on any atom is 0.239 e. The van der Waals surface area contributed by atoms with Gasteiger partial charge in [-0.25, -0.2) is 0 Å². The van der Waals surface area contributed by atoms with Gasteiger partial charge in [0.2, 0.25) is 5.91 Å². The lowest BCUT2D eigenvalue weighted by atomic mass is 10.1. The van der Waals surface area contributed by atoms with Crippen LogP contribution in [0.1, 0.15) is 18.1 Å². The summed E-state index contributed by atoms with van der Waals surface area (Å²) in [5.41, 5.74) is 0.909. The Morgan fingerprint density at radius 3 is 2.78 bits per heavy atom. The number of halogens is 3. The molecule has 1 aromatic rings. The minimum Gasteiger partial charge on any atom is -0.392 e. The topological polar surface area (TPSA) is 61.8 Å². The molecular weight excluding hydrogens is 363 g/mol. The second-order valence-corrected chi connectivity index (χ2v) is 6.48. The van der Waals surface area contributed by atoms with Crippen molar-refractivity contribution in [1.29, 1.82) is 0 Å². The van der Waals surface area contributed by atoms with Gasteiger partial charge >= 0.3 is 0 Å². The lowest BCUT2D eigenvalue weighted by Gasteiger charge is -2.34. The summed E-state index contributed by atoms with van der Waals surface area (Å²) in [7, 11) is 0. The molecule has 8 heteroatoms. The van der Waals surface area contributed by atoms with E-state index in [1.54, 1.807) is 17.0 Å². The summed E-state index contributed by atoms with van der Waals surface area (Å²) in [6.07, 6.45) is -0.187. The van der Waals surface area contributed by atoms with E-state index < -0.39 is 6.10 Å². The number of nitrogens with zero attached hydrogens (tertiary/aromatic N) is 1. The van der Waals surface area contributed by atoms with Crippen molar-refractivity contribution in [2.75, 3.05) is 26.2 Å². The summed E-state index contributed by atoms with van der Waals surface area (Å²) < 4.78 is 5.76. The number of nitrogens with one attached hydrogen (secondary N) is 1. The number of morpholine rings is 1. The molecule has 3 atom stereocenters. The van der Waals surface area contributed by atoms with Gasteiger partial charge in [0.05, 0.1) is 35.3 Å². The van der Waals surface area contributed by atoms with Gasteiger partial charge in [-0.2, -0.15) is 0 Å². The van der Waals surface area contributed by atoms with Crippen molar-refractivity contribution < 1.29 is 14.6 Å². The number of aliphatic hydroxyl groups excluding tert-OH is 1. The van der Waals surface area contributed by atoms with Gasteiger partial charge in [-0.1, -0.05) is 29.3 Å². The van der Waals surface area contributed by atoms with Crippen LogP contribution in [-0.4, -0.2) is 54.3 Å². The Morgan fingerprint density at radius 2 is 2.13 bits per heavy atom. The average Bonchev–Trinajstić information content (AvgIpc) is 2.96. The quantitative estimate of drug-likeness (QED) is 0.823. The van der Waals surface area contributed by atoms with Crippen LogP contribution in [0.4, 0.5) is 0 Å². The normalized spacial score (nSPS) is 27.6. The van der Waals surface area contributed by atoms with Crippen LogP contribution in [0.25, 0.3) is 0 Å². The number of hydrogen-bond acceptors (Lipinski definition) is 4. The van der Waals surface area contributed by atoms with Crippen molar-refractivity contribution in [1.82, 2.24) is 10.2 Å². The number of hydrogen-bond donors (Lipinski definition) is 2. The summed E-state index contributed by atoms with van der Waals surface area (Å²) in [5.74, 6) is 0.0184. The maximum absolute atomic E-state index is 12.5. The third-order valence-corrected chi connectivity index (χ3v) is 4.84. The molecule has 1 amide bonds. The van der Waals surface area contributed by atoms with Gasteiger partial charge in [-0.3, -0.25) is 4.79 Å². The zero-order valence-corrected chi connectivity index (χ0v) is 14.7. The monoisotopic (exact) mass is 380 g/mol. The first kappa shape index (κ1) is 18.8. The molecule has 2 aliphatic heterocycles. The number of β-amino-alcohol motifs (C(OH)–C–C–N with tert-alkyl or cyclic N) is 1. The van der Waals surface area contributed by atoms with Gasteiger partial charge < -0.3 is 20.1 Å². The Hall–Kier alpha value is -0.560. The molecular formula is C15H19Cl3N2O3. The third kappa shape index (κ3) is 4.29. The van der Waals surface area contributed by atoms with Crippen LogP contribution in [0.15, 0.2) is 18.2 Å². The Morgan fingerprint density at radius 1 is 1.35 bits per heavy atom. The fourth-order valence-corrected chi connectivity index (χ4v) is 3.20. The number of carbonyl (C=O) groups is 1. The molecule has 3 rings (SSSR count). The lowest BCUT2D eigenvalue weighted by molar-refractivity contribution is -0.141. The van der Waals surface area contributed by atoms with E-state index in [0.29, 0.717) is 42.7 Å². The molecule has 3 unspecified atom stereocenters. The van der Waals surface area contributed by atoms with Gasteiger partial charge in [0.1, 0.15) is 6.10 Å². The van der Waals surface area contributed by atoms with Crippen molar-refractivity contribution in [2.24, 2.45) is 0 Å². The second-order valence-electron chi connectivity index (χ2n) is 5.67. The number of amides is 1. The Labute approximate surface area is 151 Å². The van der Waals surface area contributed by atoms with Crippen molar-refractivity contribution in [2.45, 2.75) is 24.7 Å². The Balaban J connectivity index is 0.00000192. The molecule has 2 aliphatic rings. The van der Waals surface area contributed by atoms with Crippen LogP contribution in [-0.2, 0) is 9.53 Å². The molecule has 5 nitrogen and oxygen atoms in total. The Bertz CT molecular complexity index is 573. The fourth-order valence-electron chi connectivity index (χ4n) is 2.89. The molecule has 0 aromatic heterocycles. The van der Waals surface area contributed by atoms with Crippen LogP contribution in [0.5, 0.6) is 0 Å². The average molecular weight is 382 g/mol. The zero-order chi connectivity index (χ0) is 15.7. The van der Waals surface area contributed by atoms with Gasteiger partial charge in [0.15, 0.2) is 0 Å².